The summed E-state index contributed by atoms with van der Waals surface area (Å²) in [6.45, 7) is 7.27. The van der Waals surface area contributed by atoms with Crippen LogP contribution in [-0.2, 0) is 16.6 Å². The van der Waals surface area contributed by atoms with Crippen LogP contribution in [-0.4, -0.2) is 50.9 Å². The highest BCUT2D eigenvalue weighted by molar-refractivity contribution is 7.89. The van der Waals surface area contributed by atoms with Gasteiger partial charge in [-0.15, -0.1) is 0 Å². The number of benzene rings is 2. The van der Waals surface area contributed by atoms with Crippen molar-refractivity contribution in [3.8, 4) is 5.75 Å². The van der Waals surface area contributed by atoms with Crippen molar-refractivity contribution in [2.45, 2.75) is 25.3 Å². The highest BCUT2D eigenvalue weighted by Gasteiger charge is 2.28. The molecule has 1 heterocycles. The maximum Gasteiger partial charge on any atom is 0.243 e. The Kier molecular flexibility index (Phi) is 5.65. The molecule has 0 unspecified atom stereocenters. The van der Waals surface area contributed by atoms with E-state index < -0.39 is 10.0 Å². The minimum atomic E-state index is -3.41. The smallest absolute Gasteiger partial charge is 0.243 e. The van der Waals surface area contributed by atoms with Gasteiger partial charge in [0.1, 0.15) is 5.75 Å². The quantitative estimate of drug-likeness (QED) is 0.808. The molecule has 0 saturated carbocycles. The molecule has 6 heteroatoms. The largest absolute Gasteiger partial charge is 0.496 e. The molecular weight excluding hydrogens is 348 g/mol. The molecule has 0 radical (unpaired) electrons. The molecule has 0 bridgehead atoms. The third-order valence-electron chi connectivity index (χ3n) is 4.82. The van der Waals surface area contributed by atoms with Crippen molar-refractivity contribution in [3.05, 3.63) is 59.2 Å². The fraction of sp³-hybridized carbons (Fsp3) is 0.400. The normalized spacial score (nSPS) is 16.6. The monoisotopic (exact) mass is 374 g/mol. The predicted molar refractivity (Wildman–Crippen MR) is 103 cm³/mol. The third-order valence-corrected chi connectivity index (χ3v) is 6.72. The zero-order valence-electron chi connectivity index (χ0n) is 15.6. The van der Waals surface area contributed by atoms with Crippen molar-refractivity contribution in [2.24, 2.45) is 0 Å². The molecule has 0 aliphatic carbocycles. The van der Waals surface area contributed by atoms with E-state index in [1.165, 1.54) is 5.56 Å². The first-order valence-corrected chi connectivity index (χ1v) is 10.3. The maximum absolute atomic E-state index is 12.8. The first-order valence-electron chi connectivity index (χ1n) is 8.83. The summed E-state index contributed by atoms with van der Waals surface area (Å²) in [4.78, 5) is 2.68. The molecule has 0 aromatic heterocycles. The zero-order valence-corrected chi connectivity index (χ0v) is 16.4. The Bertz CT molecular complexity index is 872. The van der Waals surface area contributed by atoms with Crippen LogP contribution in [0.25, 0.3) is 0 Å². The van der Waals surface area contributed by atoms with Crippen molar-refractivity contribution in [3.63, 3.8) is 0 Å². The Labute approximate surface area is 156 Å². The fourth-order valence-corrected chi connectivity index (χ4v) is 4.88. The van der Waals surface area contributed by atoms with E-state index in [1.54, 1.807) is 29.6 Å². The second kappa shape index (κ2) is 7.78. The van der Waals surface area contributed by atoms with Gasteiger partial charge in [-0.2, -0.15) is 4.31 Å². The molecule has 0 atom stereocenters. The van der Waals surface area contributed by atoms with Gasteiger partial charge in [0.2, 0.25) is 10.0 Å². The highest BCUT2D eigenvalue weighted by Crippen LogP contribution is 2.22. The standard InChI is InChI=1S/C20H26N2O3S/c1-16-5-4-6-19(13-16)26(23,24)22-11-9-21(10-12-22)15-18-7-8-20(25-3)17(2)14-18/h4-8,13-14H,9-12,15H2,1-3H3. The molecule has 140 valence electrons. The van der Waals surface area contributed by atoms with Crippen LogP contribution in [0.15, 0.2) is 47.4 Å². The second-order valence-corrected chi connectivity index (χ2v) is 8.74. The van der Waals surface area contributed by atoms with Crippen LogP contribution in [0.3, 0.4) is 0 Å². The van der Waals surface area contributed by atoms with E-state index in [1.807, 2.05) is 26.0 Å². The third kappa shape index (κ3) is 4.09. The molecule has 2 aromatic rings. The number of hydrogen-bond donors (Lipinski definition) is 0. The lowest BCUT2D eigenvalue weighted by Crippen LogP contribution is -2.48. The van der Waals surface area contributed by atoms with Crippen molar-refractivity contribution in [1.29, 1.82) is 0 Å². The summed E-state index contributed by atoms with van der Waals surface area (Å²) in [6.07, 6.45) is 0. The van der Waals surface area contributed by atoms with E-state index in [0.717, 1.165) is 36.5 Å². The molecule has 1 aliphatic rings. The number of piperazine rings is 1. The van der Waals surface area contributed by atoms with Gasteiger partial charge in [0.05, 0.1) is 12.0 Å². The molecule has 1 aliphatic heterocycles. The van der Waals surface area contributed by atoms with Crippen LogP contribution in [0.5, 0.6) is 5.75 Å². The van der Waals surface area contributed by atoms with E-state index in [0.29, 0.717) is 18.0 Å². The van der Waals surface area contributed by atoms with Gasteiger partial charge in [0, 0.05) is 32.7 Å². The van der Waals surface area contributed by atoms with Gasteiger partial charge in [-0.25, -0.2) is 8.42 Å². The number of aryl methyl sites for hydroxylation is 2. The lowest BCUT2D eigenvalue weighted by molar-refractivity contribution is 0.181. The first kappa shape index (κ1) is 18.9. The average Bonchev–Trinajstić information content (AvgIpc) is 2.62. The molecule has 3 rings (SSSR count). The van der Waals surface area contributed by atoms with Gasteiger partial charge in [-0.1, -0.05) is 24.3 Å². The van der Waals surface area contributed by atoms with Crippen LogP contribution in [0.2, 0.25) is 0 Å². The van der Waals surface area contributed by atoms with Crippen LogP contribution >= 0.6 is 0 Å². The lowest BCUT2D eigenvalue weighted by atomic mass is 10.1. The van der Waals surface area contributed by atoms with Crippen LogP contribution in [0.4, 0.5) is 0 Å². The van der Waals surface area contributed by atoms with Gasteiger partial charge >= 0.3 is 0 Å². The maximum atomic E-state index is 12.8. The summed E-state index contributed by atoms with van der Waals surface area (Å²) in [5, 5.41) is 0. The Morgan fingerprint density at radius 3 is 2.35 bits per heavy atom. The predicted octanol–water partition coefficient (Wildman–Crippen LogP) is 2.82. The molecule has 0 amide bonds. The second-order valence-electron chi connectivity index (χ2n) is 6.80. The van der Waals surface area contributed by atoms with Crippen molar-refractivity contribution < 1.29 is 13.2 Å². The minimum absolute atomic E-state index is 0.386. The van der Waals surface area contributed by atoms with Crippen molar-refractivity contribution in [1.82, 2.24) is 9.21 Å². The van der Waals surface area contributed by atoms with Crippen LogP contribution < -0.4 is 4.74 Å². The topological polar surface area (TPSA) is 49.9 Å². The zero-order chi connectivity index (χ0) is 18.7. The Morgan fingerprint density at radius 2 is 1.73 bits per heavy atom. The summed E-state index contributed by atoms with van der Waals surface area (Å²) < 4.78 is 32.5. The lowest BCUT2D eigenvalue weighted by Gasteiger charge is -2.34. The molecule has 26 heavy (non-hydrogen) atoms. The van der Waals surface area contributed by atoms with Gasteiger partial charge in [0.25, 0.3) is 0 Å². The molecule has 2 aromatic carbocycles. The molecule has 0 N–H and O–H groups in total. The number of nitrogens with zero attached hydrogens (tertiary/aromatic N) is 2. The van der Waals surface area contributed by atoms with E-state index in [4.69, 9.17) is 4.74 Å². The van der Waals surface area contributed by atoms with Gasteiger partial charge in [-0.05, 0) is 48.7 Å². The average molecular weight is 375 g/mol. The van der Waals surface area contributed by atoms with Gasteiger partial charge in [-0.3, -0.25) is 4.90 Å². The highest BCUT2D eigenvalue weighted by atomic mass is 32.2. The summed E-state index contributed by atoms with van der Waals surface area (Å²) in [6, 6.07) is 13.3. The van der Waals surface area contributed by atoms with Crippen molar-refractivity contribution >= 4 is 10.0 Å². The van der Waals surface area contributed by atoms with Gasteiger partial charge < -0.3 is 4.74 Å². The summed E-state index contributed by atoms with van der Waals surface area (Å²) >= 11 is 0. The van der Waals surface area contributed by atoms with E-state index in [-0.39, 0.29) is 0 Å². The van der Waals surface area contributed by atoms with Crippen molar-refractivity contribution in [2.75, 3.05) is 33.3 Å². The van der Waals surface area contributed by atoms with E-state index in [9.17, 15) is 8.42 Å². The summed E-state index contributed by atoms with van der Waals surface area (Å²) in [5.41, 5.74) is 3.29. The molecular formula is C20H26N2O3S. The van der Waals surface area contributed by atoms with E-state index >= 15 is 0 Å². The first-order chi connectivity index (χ1) is 12.4. The Morgan fingerprint density at radius 1 is 1.00 bits per heavy atom. The number of rotatable bonds is 5. The van der Waals surface area contributed by atoms with E-state index in [2.05, 4.69) is 17.0 Å². The molecule has 1 saturated heterocycles. The fourth-order valence-electron chi connectivity index (χ4n) is 3.35. The molecule has 1 fully saturated rings. The summed E-state index contributed by atoms with van der Waals surface area (Å²) in [7, 11) is -1.73. The molecule has 0 spiro atoms. The number of hydrogen-bond acceptors (Lipinski definition) is 4. The number of sulfonamides is 1. The van der Waals surface area contributed by atoms with Gasteiger partial charge in [0.15, 0.2) is 0 Å². The molecule has 5 nitrogen and oxygen atoms in total. The SMILES string of the molecule is COc1ccc(CN2CCN(S(=O)(=O)c3cccc(C)c3)CC2)cc1C. The Balaban J connectivity index is 1.63. The number of methoxy groups -OCH3 is 1. The minimum Gasteiger partial charge on any atom is -0.496 e. The Hall–Kier alpha value is -1.89. The summed E-state index contributed by atoms with van der Waals surface area (Å²) in [5.74, 6) is 0.891. The van der Waals surface area contributed by atoms with Crippen LogP contribution in [0.1, 0.15) is 16.7 Å². The number of ether oxygens (including phenoxy) is 1. The van der Waals surface area contributed by atoms with Crippen LogP contribution in [0, 0.1) is 13.8 Å².